The molecule has 4 rings (SSSR count). The van der Waals surface area contributed by atoms with Gasteiger partial charge in [-0.3, -0.25) is 0 Å². The van der Waals surface area contributed by atoms with Crippen LogP contribution in [-0.4, -0.2) is 16.0 Å². The normalized spacial score (nSPS) is 14.6. The molecule has 0 unspecified atom stereocenters. The number of benzene rings is 1. The van der Waals surface area contributed by atoms with Crippen LogP contribution >= 0.6 is 11.6 Å². The Bertz CT molecular complexity index is 973. The third kappa shape index (κ3) is 5.04. The van der Waals surface area contributed by atoms with Crippen molar-refractivity contribution in [1.29, 1.82) is 0 Å². The quantitative estimate of drug-likeness (QED) is 0.501. The van der Waals surface area contributed by atoms with Crippen LogP contribution in [0, 0.1) is 5.82 Å². The average Bonchev–Trinajstić information content (AvgIpc) is 2.75. The SMILES string of the molecule is Fc1ccccc1CNc1cccc(-c2cc(NC3CCCCC3)ncc2Cl)n1. The number of pyridine rings is 2. The van der Waals surface area contributed by atoms with Crippen molar-refractivity contribution in [2.24, 2.45) is 0 Å². The smallest absolute Gasteiger partial charge is 0.128 e. The first-order valence-electron chi connectivity index (χ1n) is 10.1. The zero-order valence-corrected chi connectivity index (χ0v) is 16.9. The number of rotatable bonds is 6. The van der Waals surface area contributed by atoms with Crippen molar-refractivity contribution < 1.29 is 4.39 Å². The maximum Gasteiger partial charge on any atom is 0.128 e. The van der Waals surface area contributed by atoms with Crippen molar-refractivity contribution in [2.75, 3.05) is 10.6 Å². The minimum Gasteiger partial charge on any atom is -0.367 e. The summed E-state index contributed by atoms with van der Waals surface area (Å²) in [6.45, 7) is 0.363. The van der Waals surface area contributed by atoms with E-state index in [4.69, 9.17) is 11.6 Å². The minimum atomic E-state index is -0.230. The van der Waals surface area contributed by atoms with Gasteiger partial charge in [-0.15, -0.1) is 0 Å². The fourth-order valence-electron chi connectivity index (χ4n) is 3.68. The molecular weight excluding hydrogens is 387 g/mol. The van der Waals surface area contributed by atoms with Crippen LogP contribution in [-0.2, 0) is 6.54 Å². The summed E-state index contributed by atoms with van der Waals surface area (Å²) < 4.78 is 13.8. The van der Waals surface area contributed by atoms with Gasteiger partial charge in [0.2, 0.25) is 0 Å². The van der Waals surface area contributed by atoms with Crippen molar-refractivity contribution in [3.63, 3.8) is 0 Å². The van der Waals surface area contributed by atoms with Crippen molar-refractivity contribution in [2.45, 2.75) is 44.7 Å². The second kappa shape index (κ2) is 9.23. The Morgan fingerprint density at radius 1 is 1.00 bits per heavy atom. The molecule has 1 aliphatic carbocycles. The van der Waals surface area contributed by atoms with Crippen molar-refractivity contribution >= 4 is 23.2 Å². The van der Waals surface area contributed by atoms with E-state index in [-0.39, 0.29) is 5.82 Å². The van der Waals surface area contributed by atoms with Gasteiger partial charge < -0.3 is 10.6 Å². The molecule has 0 saturated heterocycles. The Labute approximate surface area is 175 Å². The molecule has 1 saturated carbocycles. The van der Waals surface area contributed by atoms with Gasteiger partial charge in [-0.2, -0.15) is 0 Å². The second-order valence-corrected chi connectivity index (χ2v) is 7.79. The highest BCUT2D eigenvalue weighted by atomic mass is 35.5. The van der Waals surface area contributed by atoms with E-state index in [1.165, 1.54) is 38.2 Å². The Hall–Kier alpha value is -2.66. The van der Waals surface area contributed by atoms with Gasteiger partial charge in [0, 0.05) is 29.9 Å². The van der Waals surface area contributed by atoms with E-state index in [2.05, 4.69) is 20.6 Å². The highest BCUT2D eigenvalue weighted by Crippen LogP contribution is 2.30. The Kier molecular flexibility index (Phi) is 6.25. The van der Waals surface area contributed by atoms with E-state index in [0.29, 0.717) is 29.0 Å². The second-order valence-electron chi connectivity index (χ2n) is 7.38. The minimum absolute atomic E-state index is 0.230. The molecule has 150 valence electrons. The van der Waals surface area contributed by atoms with E-state index in [0.717, 1.165) is 17.1 Å². The molecule has 6 heteroatoms. The molecule has 0 aliphatic heterocycles. The van der Waals surface area contributed by atoms with Crippen LogP contribution in [0.1, 0.15) is 37.7 Å². The summed E-state index contributed by atoms with van der Waals surface area (Å²) in [4.78, 5) is 9.10. The molecule has 0 atom stereocenters. The van der Waals surface area contributed by atoms with Crippen LogP contribution in [0.25, 0.3) is 11.3 Å². The van der Waals surface area contributed by atoms with Gasteiger partial charge in [-0.25, -0.2) is 14.4 Å². The van der Waals surface area contributed by atoms with Crippen molar-refractivity contribution in [1.82, 2.24) is 9.97 Å². The zero-order valence-electron chi connectivity index (χ0n) is 16.2. The summed E-state index contributed by atoms with van der Waals surface area (Å²) in [7, 11) is 0. The molecule has 4 nitrogen and oxygen atoms in total. The number of nitrogens with zero attached hydrogens (tertiary/aromatic N) is 2. The zero-order chi connectivity index (χ0) is 20.1. The fourth-order valence-corrected chi connectivity index (χ4v) is 3.88. The summed E-state index contributed by atoms with van der Waals surface area (Å²) in [6.07, 6.45) is 7.85. The predicted molar refractivity (Wildman–Crippen MR) is 117 cm³/mol. The molecule has 0 radical (unpaired) electrons. The van der Waals surface area contributed by atoms with E-state index in [1.54, 1.807) is 18.3 Å². The van der Waals surface area contributed by atoms with Crippen molar-refractivity contribution in [3.8, 4) is 11.3 Å². The molecule has 29 heavy (non-hydrogen) atoms. The Balaban J connectivity index is 1.51. The monoisotopic (exact) mass is 410 g/mol. The topological polar surface area (TPSA) is 49.8 Å². The molecular formula is C23H24ClFN4. The largest absolute Gasteiger partial charge is 0.367 e. The molecule has 2 heterocycles. The lowest BCUT2D eigenvalue weighted by molar-refractivity contribution is 0.462. The van der Waals surface area contributed by atoms with Gasteiger partial charge >= 0.3 is 0 Å². The molecule has 0 amide bonds. The lowest BCUT2D eigenvalue weighted by atomic mass is 9.95. The van der Waals surface area contributed by atoms with Crippen LogP contribution in [0.3, 0.4) is 0 Å². The summed E-state index contributed by atoms with van der Waals surface area (Å²) >= 11 is 6.42. The molecule has 1 aliphatic rings. The van der Waals surface area contributed by atoms with Crippen LogP contribution in [0.4, 0.5) is 16.0 Å². The first-order valence-corrected chi connectivity index (χ1v) is 10.4. The lowest BCUT2D eigenvalue weighted by Gasteiger charge is -2.23. The summed E-state index contributed by atoms with van der Waals surface area (Å²) in [6, 6.07) is 14.8. The third-order valence-corrected chi connectivity index (χ3v) is 5.56. The third-order valence-electron chi connectivity index (χ3n) is 5.26. The standard InChI is InChI=1S/C23H24ClFN4/c24-19-15-27-23(28-17-8-2-1-3-9-17)13-18(19)21-11-6-12-22(29-21)26-14-16-7-4-5-10-20(16)25/h4-7,10-13,15,17H,1-3,8-9,14H2,(H,26,29)(H,27,28). The highest BCUT2D eigenvalue weighted by molar-refractivity contribution is 6.33. The van der Waals surface area contributed by atoms with Gasteiger partial charge in [0.05, 0.1) is 10.7 Å². The van der Waals surface area contributed by atoms with E-state index >= 15 is 0 Å². The Morgan fingerprint density at radius 3 is 2.66 bits per heavy atom. The molecule has 2 aromatic heterocycles. The van der Waals surface area contributed by atoms with Gasteiger partial charge in [-0.05, 0) is 37.1 Å². The molecule has 1 fully saturated rings. The molecule has 0 spiro atoms. The van der Waals surface area contributed by atoms with Gasteiger partial charge in [0.15, 0.2) is 0 Å². The van der Waals surface area contributed by atoms with Crippen LogP contribution in [0.5, 0.6) is 0 Å². The molecule has 0 bridgehead atoms. The number of hydrogen-bond donors (Lipinski definition) is 2. The number of halogens is 2. The molecule has 3 aromatic rings. The van der Waals surface area contributed by atoms with Crippen LogP contribution < -0.4 is 10.6 Å². The maximum absolute atomic E-state index is 13.8. The van der Waals surface area contributed by atoms with Gasteiger partial charge in [0.25, 0.3) is 0 Å². The average molecular weight is 411 g/mol. The lowest BCUT2D eigenvalue weighted by Crippen LogP contribution is -2.22. The van der Waals surface area contributed by atoms with Gasteiger partial charge in [-0.1, -0.05) is 55.1 Å². The van der Waals surface area contributed by atoms with E-state index in [9.17, 15) is 4.39 Å². The predicted octanol–water partition coefficient (Wildman–Crippen LogP) is 6.29. The number of aromatic nitrogens is 2. The molecule has 1 aromatic carbocycles. The van der Waals surface area contributed by atoms with E-state index < -0.39 is 0 Å². The number of nitrogens with one attached hydrogen (secondary N) is 2. The van der Waals surface area contributed by atoms with Crippen molar-refractivity contribution in [3.05, 3.63) is 71.1 Å². The van der Waals surface area contributed by atoms with E-state index in [1.807, 2.05) is 30.3 Å². The number of hydrogen-bond acceptors (Lipinski definition) is 4. The first-order chi connectivity index (χ1) is 14.2. The van der Waals surface area contributed by atoms with Crippen LogP contribution in [0.2, 0.25) is 5.02 Å². The maximum atomic E-state index is 13.8. The van der Waals surface area contributed by atoms with Crippen LogP contribution in [0.15, 0.2) is 54.7 Å². The Morgan fingerprint density at radius 2 is 1.83 bits per heavy atom. The summed E-state index contributed by atoms with van der Waals surface area (Å²) in [5, 5.41) is 7.27. The fraction of sp³-hybridized carbons (Fsp3) is 0.304. The summed E-state index contributed by atoms with van der Waals surface area (Å²) in [5.74, 6) is 1.26. The first kappa shape index (κ1) is 19.6. The number of anilines is 2. The van der Waals surface area contributed by atoms with Gasteiger partial charge in [0.1, 0.15) is 17.5 Å². The summed E-state index contributed by atoms with van der Waals surface area (Å²) in [5.41, 5.74) is 2.18. The molecule has 2 N–H and O–H groups in total. The highest BCUT2D eigenvalue weighted by Gasteiger charge is 2.15.